The number of hydrogen-bond acceptors (Lipinski definition) is 5. The Labute approximate surface area is 176 Å². The molecule has 2 aromatic carbocycles. The highest BCUT2D eigenvalue weighted by Gasteiger charge is 2.32. The fraction of sp³-hybridized carbons (Fsp3) is 0.333. The van der Waals surface area contributed by atoms with Gasteiger partial charge in [0, 0.05) is 25.2 Å². The minimum absolute atomic E-state index is 0. The molecule has 0 bridgehead atoms. The minimum atomic E-state index is -0.173. The number of methoxy groups -OCH3 is 1. The van der Waals surface area contributed by atoms with Crippen molar-refractivity contribution < 1.29 is 14.3 Å². The van der Waals surface area contributed by atoms with E-state index in [1.165, 1.54) is 0 Å². The SMILES string of the molecule is COc1ccccc1C1CNCCN1CC(=O)N1CC(=O)Nc2ccccc21.Cl. The van der Waals surface area contributed by atoms with Crippen molar-refractivity contribution in [3.05, 3.63) is 54.1 Å². The maximum Gasteiger partial charge on any atom is 0.244 e. The number of anilines is 2. The van der Waals surface area contributed by atoms with Gasteiger partial charge in [0.2, 0.25) is 11.8 Å². The average Bonchev–Trinajstić information content (AvgIpc) is 2.73. The van der Waals surface area contributed by atoms with Crippen molar-refractivity contribution in [2.45, 2.75) is 6.04 Å². The van der Waals surface area contributed by atoms with Crippen molar-refractivity contribution in [3.63, 3.8) is 0 Å². The second-order valence-electron chi connectivity index (χ2n) is 6.98. The normalized spacial score (nSPS) is 19.0. The lowest BCUT2D eigenvalue weighted by molar-refractivity contribution is -0.123. The number of para-hydroxylation sites is 3. The van der Waals surface area contributed by atoms with Gasteiger partial charge in [-0.3, -0.25) is 19.4 Å². The molecule has 0 radical (unpaired) electrons. The standard InChI is InChI=1S/C21H24N4O3.ClH/c1-28-19-9-5-2-6-15(19)18-12-22-10-11-24(18)14-21(27)25-13-20(26)23-16-7-3-4-8-17(16)25;/h2-9,18,22H,10-14H2,1H3,(H,23,26);1H. The molecule has 7 nitrogen and oxygen atoms in total. The molecule has 0 spiro atoms. The Morgan fingerprint density at radius 2 is 1.93 bits per heavy atom. The molecule has 1 fully saturated rings. The molecule has 29 heavy (non-hydrogen) atoms. The molecule has 1 saturated heterocycles. The summed E-state index contributed by atoms with van der Waals surface area (Å²) in [6, 6.07) is 15.3. The predicted molar refractivity (Wildman–Crippen MR) is 115 cm³/mol. The summed E-state index contributed by atoms with van der Waals surface area (Å²) in [4.78, 5) is 29.0. The van der Waals surface area contributed by atoms with Crippen LogP contribution in [0.2, 0.25) is 0 Å². The van der Waals surface area contributed by atoms with E-state index in [0.717, 1.165) is 36.6 Å². The number of carbonyl (C=O) groups is 2. The number of rotatable bonds is 4. The van der Waals surface area contributed by atoms with Gasteiger partial charge in [0.1, 0.15) is 12.3 Å². The van der Waals surface area contributed by atoms with Gasteiger partial charge in [0.05, 0.1) is 31.1 Å². The van der Waals surface area contributed by atoms with Crippen LogP contribution in [0.4, 0.5) is 11.4 Å². The van der Waals surface area contributed by atoms with Crippen LogP contribution in [-0.4, -0.2) is 56.5 Å². The number of amides is 2. The molecule has 0 aromatic heterocycles. The Morgan fingerprint density at radius 3 is 2.76 bits per heavy atom. The summed E-state index contributed by atoms with van der Waals surface area (Å²) in [5, 5.41) is 6.23. The molecule has 2 aliphatic rings. The highest BCUT2D eigenvalue weighted by molar-refractivity contribution is 6.10. The molecule has 2 N–H and O–H groups in total. The predicted octanol–water partition coefficient (Wildman–Crippen LogP) is 2.05. The quantitative estimate of drug-likeness (QED) is 0.798. The van der Waals surface area contributed by atoms with E-state index in [-0.39, 0.29) is 43.4 Å². The topological polar surface area (TPSA) is 73.9 Å². The zero-order chi connectivity index (χ0) is 19.5. The Bertz CT molecular complexity index is 892. The lowest BCUT2D eigenvalue weighted by atomic mass is 10.0. The summed E-state index contributed by atoms with van der Waals surface area (Å²) in [7, 11) is 1.66. The van der Waals surface area contributed by atoms with Crippen molar-refractivity contribution in [2.75, 3.05) is 50.1 Å². The summed E-state index contributed by atoms with van der Waals surface area (Å²) in [5.74, 6) is 0.564. The van der Waals surface area contributed by atoms with E-state index in [1.54, 1.807) is 12.0 Å². The van der Waals surface area contributed by atoms with E-state index in [4.69, 9.17) is 4.74 Å². The second-order valence-corrected chi connectivity index (χ2v) is 6.98. The molecule has 0 aliphatic carbocycles. The van der Waals surface area contributed by atoms with E-state index >= 15 is 0 Å². The third kappa shape index (κ3) is 4.37. The van der Waals surface area contributed by atoms with Crippen LogP contribution in [0.5, 0.6) is 5.75 Å². The molecule has 154 valence electrons. The van der Waals surface area contributed by atoms with Gasteiger partial charge in [-0.1, -0.05) is 30.3 Å². The summed E-state index contributed by atoms with van der Waals surface area (Å²) in [6.07, 6.45) is 0. The molecule has 2 amide bonds. The van der Waals surface area contributed by atoms with Crippen molar-refractivity contribution in [1.29, 1.82) is 0 Å². The number of piperazine rings is 1. The molecular formula is C21H25ClN4O3. The summed E-state index contributed by atoms with van der Waals surface area (Å²) in [5.41, 5.74) is 2.48. The number of benzene rings is 2. The van der Waals surface area contributed by atoms with Gasteiger partial charge in [-0.2, -0.15) is 0 Å². The summed E-state index contributed by atoms with van der Waals surface area (Å²) in [6.45, 7) is 2.59. The van der Waals surface area contributed by atoms with Gasteiger partial charge in [0.25, 0.3) is 0 Å². The van der Waals surface area contributed by atoms with Crippen LogP contribution in [0.25, 0.3) is 0 Å². The Morgan fingerprint density at radius 1 is 1.17 bits per heavy atom. The zero-order valence-corrected chi connectivity index (χ0v) is 17.1. The molecule has 2 aromatic rings. The van der Waals surface area contributed by atoms with Gasteiger partial charge >= 0.3 is 0 Å². The van der Waals surface area contributed by atoms with E-state index in [9.17, 15) is 9.59 Å². The Hall–Kier alpha value is -2.61. The first-order valence-corrected chi connectivity index (χ1v) is 9.44. The Kier molecular flexibility index (Phi) is 6.74. The van der Waals surface area contributed by atoms with E-state index < -0.39 is 0 Å². The molecular weight excluding hydrogens is 392 g/mol. The van der Waals surface area contributed by atoms with Crippen LogP contribution in [0, 0.1) is 0 Å². The fourth-order valence-electron chi connectivity index (χ4n) is 3.90. The number of fused-ring (bicyclic) bond motifs is 1. The highest BCUT2D eigenvalue weighted by Crippen LogP contribution is 2.32. The smallest absolute Gasteiger partial charge is 0.244 e. The van der Waals surface area contributed by atoms with Gasteiger partial charge in [0.15, 0.2) is 0 Å². The van der Waals surface area contributed by atoms with E-state index in [0.29, 0.717) is 5.69 Å². The van der Waals surface area contributed by atoms with Gasteiger partial charge in [-0.15, -0.1) is 12.4 Å². The summed E-state index contributed by atoms with van der Waals surface area (Å²) >= 11 is 0. The third-order valence-corrected chi connectivity index (χ3v) is 5.26. The lowest BCUT2D eigenvalue weighted by Gasteiger charge is -2.38. The zero-order valence-electron chi connectivity index (χ0n) is 16.3. The molecule has 2 heterocycles. The maximum atomic E-state index is 13.2. The van der Waals surface area contributed by atoms with Crippen molar-refractivity contribution in [2.24, 2.45) is 0 Å². The van der Waals surface area contributed by atoms with E-state index in [1.807, 2.05) is 48.5 Å². The average molecular weight is 417 g/mol. The van der Waals surface area contributed by atoms with Crippen LogP contribution >= 0.6 is 12.4 Å². The third-order valence-electron chi connectivity index (χ3n) is 5.26. The number of halogens is 1. The van der Waals surface area contributed by atoms with E-state index in [2.05, 4.69) is 15.5 Å². The number of carbonyl (C=O) groups excluding carboxylic acids is 2. The molecule has 0 saturated carbocycles. The first-order chi connectivity index (χ1) is 13.7. The highest BCUT2D eigenvalue weighted by atomic mass is 35.5. The largest absolute Gasteiger partial charge is 0.496 e. The van der Waals surface area contributed by atoms with Crippen LogP contribution in [0.1, 0.15) is 11.6 Å². The molecule has 1 atom stereocenters. The molecule has 2 aliphatic heterocycles. The first-order valence-electron chi connectivity index (χ1n) is 9.44. The van der Waals surface area contributed by atoms with Gasteiger partial charge in [-0.25, -0.2) is 0 Å². The number of hydrogen-bond donors (Lipinski definition) is 2. The fourth-order valence-corrected chi connectivity index (χ4v) is 3.90. The monoisotopic (exact) mass is 416 g/mol. The van der Waals surface area contributed by atoms with Crippen LogP contribution in [-0.2, 0) is 9.59 Å². The van der Waals surface area contributed by atoms with Crippen molar-refractivity contribution >= 4 is 35.6 Å². The van der Waals surface area contributed by atoms with Crippen molar-refractivity contribution in [1.82, 2.24) is 10.2 Å². The molecule has 1 unspecified atom stereocenters. The van der Waals surface area contributed by atoms with Crippen LogP contribution in [0.15, 0.2) is 48.5 Å². The van der Waals surface area contributed by atoms with Crippen LogP contribution in [0.3, 0.4) is 0 Å². The van der Waals surface area contributed by atoms with Gasteiger partial charge in [-0.05, 0) is 18.2 Å². The number of nitrogens with one attached hydrogen (secondary N) is 2. The van der Waals surface area contributed by atoms with Crippen LogP contribution < -0.4 is 20.3 Å². The minimum Gasteiger partial charge on any atom is -0.496 e. The first kappa shape index (κ1) is 21.1. The molecule has 4 rings (SSSR count). The second kappa shape index (κ2) is 9.26. The Balaban J connectivity index is 0.00000240. The lowest BCUT2D eigenvalue weighted by Crippen LogP contribution is -2.52. The number of nitrogens with zero attached hydrogens (tertiary/aromatic N) is 2. The van der Waals surface area contributed by atoms with Gasteiger partial charge < -0.3 is 15.4 Å². The number of ether oxygens (including phenoxy) is 1. The summed E-state index contributed by atoms with van der Waals surface area (Å²) < 4.78 is 5.53. The maximum absolute atomic E-state index is 13.2. The van der Waals surface area contributed by atoms with Crippen molar-refractivity contribution in [3.8, 4) is 5.75 Å². The molecule has 8 heteroatoms.